The minimum absolute atomic E-state index is 0.0631. The van der Waals surface area contributed by atoms with Crippen LogP contribution < -0.4 is 0 Å². The van der Waals surface area contributed by atoms with Gasteiger partial charge < -0.3 is 0 Å². The molecule has 4 rings (SSSR count). The number of rotatable bonds is 1. The van der Waals surface area contributed by atoms with Crippen LogP contribution in [0.4, 0.5) is 0 Å². The fraction of sp³-hybridized carbons (Fsp3) is 0.227. The largest absolute Gasteiger partial charge is 0.255 e. The summed E-state index contributed by atoms with van der Waals surface area (Å²) < 4.78 is 0. The minimum Gasteiger partial charge on any atom is -0.255 e. The van der Waals surface area contributed by atoms with E-state index in [4.69, 9.17) is 4.98 Å². The van der Waals surface area contributed by atoms with Gasteiger partial charge in [-0.25, -0.2) is 0 Å². The zero-order valence-corrected chi connectivity index (χ0v) is 14.1. The zero-order valence-electron chi connectivity index (χ0n) is 14.1. The first-order valence-electron chi connectivity index (χ1n) is 8.16. The Bertz CT molecular complexity index is 941. The van der Waals surface area contributed by atoms with Crippen LogP contribution in [-0.2, 0) is 5.41 Å². The molecule has 2 aromatic carbocycles. The summed E-state index contributed by atoms with van der Waals surface area (Å²) in [5.41, 5.74) is 7.53. The van der Waals surface area contributed by atoms with Gasteiger partial charge in [0.15, 0.2) is 0 Å². The summed E-state index contributed by atoms with van der Waals surface area (Å²) >= 11 is 0. The molecule has 0 spiro atoms. The van der Waals surface area contributed by atoms with Crippen LogP contribution in [0.2, 0.25) is 0 Å². The summed E-state index contributed by atoms with van der Waals surface area (Å²) in [4.78, 5) is 4.80. The van der Waals surface area contributed by atoms with E-state index < -0.39 is 0 Å². The molecule has 0 unspecified atom stereocenters. The van der Waals surface area contributed by atoms with Crippen molar-refractivity contribution >= 4 is 16.8 Å². The normalized spacial score (nSPS) is 15.1. The van der Waals surface area contributed by atoms with Crippen LogP contribution in [-0.4, -0.2) is 4.98 Å². The van der Waals surface area contributed by atoms with Gasteiger partial charge in [0.2, 0.25) is 0 Å². The van der Waals surface area contributed by atoms with E-state index in [2.05, 4.69) is 76.2 Å². The Hall–Kier alpha value is -2.41. The van der Waals surface area contributed by atoms with Gasteiger partial charge in [0.1, 0.15) is 0 Å². The second kappa shape index (κ2) is 4.79. The van der Waals surface area contributed by atoms with Gasteiger partial charge in [0.05, 0.1) is 5.69 Å². The molecule has 1 aromatic heterocycles. The van der Waals surface area contributed by atoms with Gasteiger partial charge >= 0.3 is 0 Å². The number of hydrogen-bond donors (Lipinski definition) is 0. The topological polar surface area (TPSA) is 12.9 Å². The second-order valence-corrected chi connectivity index (χ2v) is 7.22. The maximum atomic E-state index is 4.80. The van der Waals surface area contributed by atoms with Crippen molar-refractivity contribution in [2.45, 2.75) is 33.1 Å². The molecule has 0 saturated carbocycles. The van der Waals surface area contributed by atoms with E-state index in [1.165, 1.54) is 38.6 Å². The highest BCUT2D eigenvalue weighted by molar-refractivity contribution is 6.02. The molecule has 114 valence electrons. The summed E-state index contributed by atoms with van der Waals surface area (Å²) in [7, 11) is 0. The van der Waals surface area contributed by atoms with E-state index in [-0.39, 0.29) is 5.41 Å². The maximum absolute atomic E-state index is 4.80. The van der Waals surface area contributed by atoms with Crippen molar-refractivity contribution in [3.05, 3.63) is 70.9 Å². The molecule has 0 amide bonds. The number of nitrogens with zero attached hydrogens (tertiary/aromatic N) is 1. The molecule has 23 heavy (non-hydrogen) atoms. The van der Waals surface area contributed by atoms with Crippen LogP contribution >= 0.6 is 0 Å². The summed E-state index contributed by atoms with van der Waals surface area (Å²) in [5.74, 6) is 0. The third-order valence-corrected chi connectivity index (χ3v) is 4.81. The van der Waals surface area contributed by atoms with Gasteiger partial charge in [-0.05, 0) is 36.9 Å². The van der Waals surface area contributed by atoms with Crippen molar-refractivity contribution in [3.63, 3.8) is 0 Å². The maximum Gasteiger partial charge on any atom is 0.0781 e. The fourth-order valence-corrected chi connectivity index (χ4v) is 3.72. The summed E-state index contributed by atoms with van der Waals surface area (Å²) in [6, 6.07) is 13.3. The predicted molar refractivity (Wildman–Crippen MR) is 98.7 cm³/mol. The lowest BCUT2D eigenvalue weighted by atomic mass is 9.77. The van der Waals surface area contributed by atoms with E-state index in [9.17, 15) is 0 Å². The Balaban J connectivity index is 2.08. The van der Waals surface area contributed by atoms with Crippen molar-refractivity contribution in [2.75, 3.05) is 0 Å². The Kier molecular flexibility index (Phi) is 2.96. The molecule has 0 N–H and O–H groups in total. The lowest BCUT2D eigenvalue weighted by molar-refractivity contribution is 0.677. The lowest BCUT2D eigenvalue weighted by Gasteiger charge is -2.28. The molecule has 1 heteroatoms. The molecule has 3 aromatic rings. The van der Waals surface area contributed by atoms with Crippen LogP contribution in [0.3, 0.4) is 0 Å². The molecule has 0 bridgehead atoms. The van der Waals surface area contributed by atoms with Crippen LogP contribution in [0.1, 0.15) is 36.1 Å². The highest BCUT2D eigenvalue weighted by Crippen LogP contribution is 2.40. The van der Waals surface area contributed by atoms with Crippen molar-refractivity contribution in [1.29, 1.82) is 0 Å². The Morgan fingerprint density at radius 1 is 0.957 bits per heavy atom. The molecular weight excluding hydrogens is 278 g/mol. The molecule has 0 fully saturated rings. The van der Waals surface area contributed by atoms with Crippen molar-refractivity contribution in [2.24, 2.45) is 0 Å². The average Bonchev–Trinajstić information content (AvgIpc) is 2.50. The molecule has 1 aliphatic carbocycles. The fourth-order valence-electron chi connectivity index (χ4n) is 3.72. The second-order valence-electron chi connectivity index (χ2n) is 7.22. The third-order valence-electron chi connectivity index (χ3n) is 4.81. The molecule has 1 aliphatic rings. The van der Waals surface area contributed by atoms with Crippen LogP contribution in [0, 0.1) is 13.8 Å². The Morgan fingerprint density at radius 3 is 2.43 bits per heavy atom. The highest BCUT2D eigenvalue weighted by atomic mass is 14.7. The van der Waals surface area contributed by atoms with Crippen molar-refractivity contribution in [1.82, 2.24) is 4.98 Å². The summed E-state index contributed by atoms with van der Waals surface area (Å²) in [6.45, 7) is 8.84. The summed E-state index contributed by atoms with van der Waals surface area (Å²) in [6.07, 6.45) is 6.51. The van der Waals surface area contributed by atoms with Gasteiger partial charge in [-0.15, -0.1) is 0 Å². The van der Waals surface area contributed by atoms with Gasteiger partial charge in [0.25, 0.3) is 0 Å². The molecule has 1 heterocycles. The Morgan fingerprint density at radius 2 is 1.70 bits per heavy atom. The smallest absolute Gasteiger partial charge is 0.0781 e. The molecule has 0 saturated heterocycles. The van der Waals surface area contributed by atoms with Gasteiger partial charge in [-0.1, -0.05) is 61.4 Å². The third kappa shape index (κ3) is 2.19. The van der Waals surface area contributed by atoms with E-state index >= 15 is 0 Å². The number of aromatic nitrogens is 1. The van der Waals surface area contributed by atoms with Gasteiger partial charge in [0, 0.05) is 28.1 Å². The first kappa shape index (κ1) is 14.2. The Labute approximate surface area is 137 Å². The van der Waals surface area contributed by atoms with Crippen LogP contribution in [0.5, 0.6) is 0 Å². The number of aryl methyl sites for hydroxylation is 2. The van der Waals surface area contributed by atoms with E-state index in [1.807, 2.05) is 6.20 Å². The van der Waals surface area contributed by atoms with Gasteiger partial charge in [-0.3, -0.25) is 4.98 Å². The molecule has 1 nitrogen and oxygen atoms in total. The lowest BCUT2D eigenvalue weighted by Crippen LogP contribution is -2.17. The van der Waals surface area contributed by atoms with E-state index in [0.717, 1.165) is 5.69 Å². The standard InChI is InChI=1S/C22H21N/c1-14-10-15(2)12-17(11-14)21-18-6-5-7-19-20(18)16(13-23-21)8-9-22(19,3)4/h5-13H,1-4H3. The van der Waals surface area contributed by atoms with Crippen molar-refractivity contribution in [3.8, 4) is 11.3 Å². The van der Waals surface area contributed by atoms with Crippen LogP contribution in [0.25, 0.3) is 28.1 Å². The first-order chi connectivity index (χ1) is 11.0. The number of allylic oxidation sites excluding steroid dienone is 1. The molecular formula is C22H21N. The molecule has 0 atom stereocenters. The minimum atomic E-state index is 0.0631. The van der Waals surface area contributed by atoms with E-state index in [0.29, 0.717) is 0 Å². The number of benzene rings is 2. The number of hydrogen-bond acceptors (Lipinski definition) is 1. The SMILES string of the molecule is Cc1cc(C)cc(-c2ncc3c4c(cccc24)C(C)(C)C=C3)c1. The van der Waals surface area contributed by atoms with Gasteiger partial charge in [-0.2, -0.15) is 0 Å². The monoisotopic (exact) mass is 299 g/mol. The first-order valence-corrected chi connectivity index (χ1v) is 8.16. The van der Waals surface area contributed by atoms with Crippen molar-refractivity contribution < 1.29 is 0 Å². The van der Waals surface area contributed by atoms with Crippen LogP contribution in [0.15, 0.2) is 48.7 Å². The molecule has 0 aliphatic heterocycles. The summed E-state index contributed by atoms with van der Waals surface area (Å²) in [5, 5.41) is 2.60. The zero-order chi connectivity index (χ0) is 16.2. The predicted octanol–water partition coefficient (Wildman–Crippen LogP) is 5.82. The highest BCUT2D eigenvalue weighted by Gasteiger charge is 2.25. The molecule has 0 radical (unpaired) electrons. The quantitative estimate of drug-likeness (QED) is 0.551. The average molecular weight is 299 g/mol. The number of pyridine rings is 1. The van der Waals surface area contributed by atoms with E-state index in [1.54, 1.807) is 0 Å².